The molecule has 7 heteroatoms. The number of aromatic nitrogens is 1. The normalized spacial score (nSPS) is 13.8. The summed E-state index contributed by atoms with van der Waals surface area (Å²) in [6.45, 7) is 3.19. The molecule has 0 aliphatic carbocycles. The Kier molecular flexibility index (Phi) is 5.27. The van der Waals surface area contributed by atoms with E-state index in [0.717, 1.165) is 23.1 Å². The second-order valence-electron chi connectivity index (χ2n) is 7.89. The van der Waals surface area contributed by atoms with E-state index in [1.54, 1.807) is 12.1 Å². The fraction of sp³-hybridized carbons (Fsp3) is 0.160. The van der Waals surface area contributed by atoms with Crippen molar-refractivity contribution in [3.8, 4) is 11.5 Å². The summed E-state index contributed by atoms with van der Waals surface area (Å²) in [5.74, 6) is 0.552. The highest BCUT2D eigenvalue weighted by molar-refractivity contribution is 7.91. The van der Waals surface area contributed by atoms with Crippen molar-refractivity contribution in [1.82, 2.24) is 4.98 Å². The van der Waals surface area contributed by atoms with Crippen LogP contribution in [-0.4, -0.2) is 19.9 Å². The zero-order valence-electron chi connectivity index (χ0n) is 17.5. The molecule has 0 fully saturated rings. The smallest absolute Gasteiger partial charge is 0.236 e. The molecule has 0 radical (unpaired) electrons. The quantitative estimate of drug-likeness (QED) is 0.387. The molecule has 0 unspecified atom stereocenters. The summed E-state index contributed by atoms with van der Waals surface area (Å²) in [4.78, 5) is 6.57. The first kappa shape index (κ1) is 20.8. The van der Waals surface area contributed by atoms with Crippen LogP contribution < -0.4 is 4.90 Å². The largest absolute Gasteiger partial charge is 0.419 e. The van der Waals surface area contributed by atoms with E-state index >= 15 is 0 Å². The van der Waals surface area contributed by atoms with Gasteiger partial charge in [-0.15, -0.1) is 0 Å². The number of oxazole rings is 1. The molecule has 0 spiro atoms. The van der Waals surface area contributed by atoms with Crippen LogP contribution in [0.5, 0.6) is 0 Å². The van der Waals surface area contributed by atoms with Crippen molar-refractivity contribution in [3.63, 3.8) is 0 Å². The van der Waals surface area contributed by atoms with Crippen molar-refractivity contribution in [2.45, 2.75) is 29.8 Å². The second-order valence-corrected chi connectivity index (χ2v) is 10.2. The minimum Gasteiger partial charge on any atom is -0.419 e. The van der Waals surface area contributed by atoms with Crippen LogP contribution in [0.1, 0.15) is 16.7 Å². The van der Waals surface area contributed by atoms with Gasteiger partial charge in [0.1, 0.15) is 0 Å². The Labute approximate surface area is 192 Å². The maximum atomic E-state index is 13.6. The third-order valence-corrected chi connectivity index (χ3v) is 7.59. The molecule has 0 amide bonds. The van der Waals surface area contributed by atoms with Gasteiger partial charge in [-0.1, -0.05) is 53.6 Å². The molecule has 0 saturated heterocycles. The number of hydrogen-bond donors (Lipinski definition) is 0. The standard InChI is InChI=1S/C25H21ClN2O3S/c1-17-6-8-19(9-7-17)23-27-24(32(29,30)22-12-10-21(26)11-13-22)25(31-23)28-15-14-18-4-2-3-5-20(18)16-28/h2-13H,14-16H2,1H3. The Morgan fingerprint density at radius 3 is 2.34 bits per heavy atom. The molecular formula is C25H21ClN2O3S. The monoisotopic (exact) mass is 464 g/mol. The van der Waals surface area contributed by atoms with Crippen LogP contribution in [0.2, 0.25) is 5.02 Å². The maximum absolute atomic E-state index is 13.6. The van der Waals surface area contributed by atoms with Gasteiger partial charge in [-0.2, -0.15) is 4.98 Å². The van der Waals surface area contributed by atoms with E-state index in [4.69, 9.17) is 16.0 Å². The van der Waals surface area contributed by atoms with Gasteiger partial charge in [0.15, 0.2) is 0 Å². The molecule has 1 aromatic heterocycles. The van der Waals surface area contributed by atoms with Crippen LogP contribution in [0.4, 0.5) is 5.88 Å². The van der Waals surface area contributed by atoms with Crippen molar-refractivity contribution < 1.29 is 12.8 Å². The first-order chi connectivity index (χ1) is 15.4. The van der Waals surface area contributed by atoms with Crippen LogP contribution in [-0.2, 0) is 22.8 Å². The number of sulfone groups is 1. The number of halogens is 1. The Bertz CT molecular complexity index is 1380. The van der Waals surface area contributed by atoms with Crippen LogP contribution >= 0.6 is 11.6 Å². The molecule has 0 saturated carbocycles. The number of hydrogen-bond acceptors (Lipinski definition) is 5. The molecule has 32 heavy (non-hydrogen) atoms. The minimum absolute atomic E-state index is 0.0743. The number of fused-ring (bicyclic) bond motifs is 1. The molecule has 5 rings (SSSR count). The summed E-state index contributed by atoms with van der Waals surface area (Å²) in [7, 11) is -3.91. The summed E-state index contributed by atoms with van der Waals surface area (Å²) < 4.78 is 33.3. The Morgan fingerprint density at radius 1 is 0.938 bits per heavy atom. The van der Waals surface area contributed by atoms with Gasteiger partial charge in [0, 0.05) is 23.7 Å². The van der Waals surface area contributed by atoms with Crippen molar-refractivity contribution in [3.05, 3.63) is 94.5 Å². The van der Waals surface area contributed by atoms with Crippen LogP contribution in [0.15, 0.2) is 87.1 Å². The second kappa shape index (κ2) is 8.11. The lowest BCUT2D eigenvalue weighted by Gasteiger charge is -2.28. The molecule has 3 aromatic carbocycles. The van der Waals surface area contributed by atoms with E-state index in [-0.39, 0.29) is 21.7 Å². The number of anilines is 1. The SMILES string of the molecule is Cc1ccc(-c2nc(S(=O)(=O)c3ccc(Cl)cc3)c(N3CCc4ccccc4C3)o2)cc1. The molecule has 0 atom stereocenters. The van der Waals surface area contributed by atoms with Gasteiger partial charge >= 0.3 is 0 Å². The van der Waals surface area contributed by atoms with Crippen LogP contribution in [0.25, 0.3) is 11.5 Å². The topological polar surface area (TPSA) is 63.4 Å². The van der Waals surface area contributed by atoms with Gasteiger partial charge in [0.25, 0.3) is 0 Å². The van der Waals surface area contributed by atoms with Gasteiger partial charge in [0.05, 0.1) is 4.90 Å². The summed E-state index contributed by atoms with van der Waals surface area (Å²) in [6.07, 6.45) is 0.803. The zero-order valence-corrected chi connectivity index (χ0v) is 19.0. The Balaban J connectivity index is 1.63. The van der Waals surface area contributed by atoms with Crippen molar-refractivity contribution >= 4 is 27.3 Å². The molecule has 162 valence electrons. The lowest BCUT2D eigenvalue weighted by atomic mass is 10.0. The van der Waals surface area contributed by atoms with E-state index in [1.165, 1.54) is 17.7 Å². The molecular weight excluding hydrogens is 444 g/mol. The van der Waals surface area contributed by atoms with Gasteiger partial charge in [-0.3, -0.25) is 0 Å². The van der Waals surface area contributed by atoms with Crippen molar-refractivity contribution in [2.75, 3.05) is 11.4 Å². The molecule has 1 aliphatic heterocycles. The van der Waals surface area contributed by atoms with E-state index in [0.29, 0.717) is 18.1 Å². The fourth-order valence-corrected chi connectivity index (χ4v) is 5.33. The zero-order chi connectivity index (χ0) is 22.3. The third-order valence-electron chi connectivity index (χ3n) is 5.67. The van der Waals surface area contributed by atoms with Crippen molar-refractivity contribution in [2.24, 2.45) is 0 Å². The van der Waals surface area contributed by atoms with Crippen LogP contribution in [0, 0.1) is 6.92 Å². The van der Waals surface area contributed by atoms with Crippen molar-refractivity contribution in [1.29, 1.82) is 0 Å². The number of aryl methyl sites for hydroxylation is 1. The summed E-state index contributed by atoms with van der Waals surface area (Å²) in [5, 5.41) is 0.395. The molecule has 1 aliphatic rings. The average molecular weight is 465 g/mol. The van der Waals surface area contributed by atoms with E-state index in [1.807, 2.05) is 48.2 Å². The number of benzene rings is 3. The highest BCUT2D eigenvalue weighted by Gasteiger charge is 2.32. The van der Waals surface area contributed by atoms with Gasteiger partial charge < -0.3 is 9.32 Å². The predicted molar refractivity (Wildman–Crippen MR) is 125 cm³/mol. The minimum atomic E-state index is -3.91. The van der Waals surface area contributed by atoms with Crippen LogP contribution in [0.3, 0.4) is 0 Å². The first-order valence-electron chi connectivity index (χ1n) is 10.3. The number of nitrogens with zero attached hydrogens (tertiary/aromatic N) is 2. The van der Waals surface area contributed by atoms with Gasteiger partial charge in [-0.25, -0.2) is 8.42 Å². The molecule has 5 nitrogen and oxygen atoms in total. The predicted octanol–water partition coefficient (Wildman–Crippen LogP) is 5.70. The maximum Gasteiger partial charge on any atom is 0.236 e. The first-order valence-corrected chi connectivity index (χ1v) is 12.2. The highest BCUT2D eigenvalue weighted by Crippen LogP contribution is 2.37. The van der Waals surface area contributed by atoms with E-state index in [2.05, 4.69) is 17.1 Å². The molecule has 2 heterocycles. The fourth-order valence-electron chi connectivity index (χ4n) is 3.89. The molecule has 4 aromatic rings. The Hall–Kier alpha value is -3.09. The van der Waals surface area contributed by atoms with E-state index in [9.17, 15) is 8.42 Å². The highest BCUT2D eigenvalue weighted by atomic mass is 35.5. The average Bonchev–Trinajstić information content (AvgIpc) is 3.26. The van der Waals surface area contributed by atoms with E-state index < -0.39 is 9.84 Å². The summed E-state index contributed by atoms with van der Waals surface area (Å²) in [5.41, 5.74) is 4.25. The molecule has 0 N–H and O–H groups in total. The van der Waals surface area contributed by atoms with Gasteiger partial charge in [-0.05, 0) is 60.9 Å². The summed E-state index contributed by atoms with van der Waals surface area (Å²) >= 11 is 5.97. The lowest BCUT2D eigenvalue weighted by Crippen LogP contribution is -2.31. The Morgan fingerprint density at radius 2 is 1.62 bits per heavy atom. The molecule has 0 bridgehead atoms. The lowest BCUT2D eigenvalue weighted by molar-refractivity contribution is 0.533. The summed E-state index contributed by atoms with van der Waals surface area (Å²) in [6, 6.07) is 22.0. The van der Waals surface area contributed by atoms with Gasteiger partial charge in [0.2, 0.25) is 26.6 Å². The third kappa shape index (κ3) is 3.80. The number of rotatable bonds is 4.